The Morgan fingerprint density at radius 1 is 1.33 bits per heavy atom. The molecule has 2 fully saturated rings. The van der Waals surface area contributed by atoms with Crippen LogP contribution >= 0.6 is 0 Å². The molecule has 5 rings (SSSR count). The van der Waals surface area contributed by atoms with Crippen LogP contribution in [0.25, 0.3) is 0 Å². The van der Waals surface area contributed by atoms with Crippen LogP contribution in [0.3, 0.4) is 0 Å². The van der Waals surface area contributed by atoms with Gasteiger partial charge in [-0.2, -0.15) is 0 Å². The second-order valence-electron chi connectivity index (χ2n) is 6.77. The van der Waals surface area contributed by atoms with Gasteiger partial charge in [0.05, 0.1) is 11.0 Å². The number of hydrogen-bond acceptors (Lipinski definition) is 5. The number of phenolic OH excluding ortho intramolecular Hbond substituents is 1. The maximum Gasteiger partial charge on any atom is 0.174 e. The molecule has 0 aromatic heterocycles. The van der Waals surface area contributed by atoms with Crippen LogP contribution in [0.2, 0.25) is 0 Å². The van der Waals surface area contributed by atoms with Crippen molar-refractivity contribution in [1.82, 2.24) is 5.32 Å². The zero-order chi connectivity index (χ0) is 14.4. The fourth-order valence-electron chi connectivity index (χ4n) is 5.22. The fourth-order valence-corrected chi connectivity index (χ4v) is 5.22. The highest BCUT2D eigenvalue weighted by Gasteiger charge is 2.71. The number of piperidine rings is 1. The van der Waals surface area contributed by atoms with E-state index in [1.165, 1.54) is 0 Å². The standard InChI is InChI=1S/C16H17NO4/c18-9-2-1-8-7-11-16(20)4-3-10(19)14-15(16,5-6-17-11)12(8)13(9)21-14/h1-2,11,14,17-18,20H,3-7H2/t11?,14-,15?,16+/m0/s1. The van der Waals surface area contributed by atoms with Crippen molar-refractivity contribution in [2.45, 2.75) is 48.8 Å². The normalized spacial score (nSPS) is 42.4. The van der Waals surface area contributed by atoms with E-state index < -0.39 is 17.1 Å². The summed E-state index contributed by atoms with van der Waals surface area (Å²) >= 11 is 0. The minimum atomic E-state index is -0.962. The summed E-state index contributed by atoms with van der Waals surface area (Å²) in [5.74, 6) is 0.542. The van der Waals surface area contributed by atoms with E-state index in [-0.39, 0.29) is 17.6 Å². The second-order valence-corrected chi connectivity index (χ2v) is 6.77. The summed E-state index contributed by atoms with van der Waals surface area (Å²) in [6.45, 7) is 0.759. The molecule has 3 N–H and O–H groups in total. The summed E-state index contributed by atoms with van der Waals surface area (Å²) in [5.41, 5.74) is 0.332. The molecule has 2 bridgehead atoms. The van der Waals surface area contributed by atoms with Crippen LogP contribution in [0.15, 0.2) is 12.1 Å². The van der Waals surface area contributed by atoms with Gasteiger partial charge in [0.2, 0.25) is 0 Å². The van der Waals surface area contributed by atoms with Crippen molar-refractivity contribution in [3.63, 3.8) is 0 Å². The zero-order valence-corrected chi connectivity index (χ0v) is 11.6. The molecule has 1 aromatic carbocycles. The smallest absolute Gasteiger partial charge is 0.174 e. The third kappa shape index (κ3) is 1.09. The number of hydrogen-bond donors (Lipinski definition) is 3. The molecule has 4 aliphatic rings. The predicted molar refractivity (Wildman–Crippen MR) is 73.5 cm³/mol. The first-order valence-electron chi connectivity index (χ1n) is 7.58. The molecule has 4 atom stereocenters. The maximum absolute atomic E-state index is 12.4. The summed E-state index contributed by atoms with van der Waals surface area (Å²) in [6.07, 6.45) is 1.54. The van der Waals surface area contributed by atoms with E-state index in [0.29, 0.717) is 31.4 Å². The number of aliphatic hydroxyl groups is 1. The number of nitrogens with one attached hydrogen (secondary N) is 1. The first-order chi connectivity index (χ1) is 10.1. The number of Topliss-reactive ketones (excluding diaryl/α,β-unsaturated/α-hetero) is 1. The number of ether oxygens (including phenoxy) is 1. The molecule has 0 radical (unpaired) electrons. The Morgan fingerprint density at radius 3 is 3.05 bits per heavy atom. The number of aromatic hydroxyl groups is 1. The van der Waals surface area contributed by atoms with Crippen molar-refractivity contribution in [2.75, 3.05) is 6.54 Å². The van der Waals surface area contributed by atoms with Crippen LogP contribution in [-0.2, 0) is 16.6 Å². The number of benzene rings is 1. The quantitative estimate of drug-likeness (QED) is 0.644. The van der Waals surface area contributed by atoms with E-state index in [1.807, 2.05) is 6.07 Å². The molecule has 110 valence electrons. The van der Waals surface area contributed by atoms with Crippen LogP contribution < -0.4 is 10.1 Å². The largest absolute Gasteiger partial charge is 0.504 e. The Balaban J connectivity index is 1.89. The second kappa shape index (κ2) is 3.42. The molecule has 2 aliphatic heterocycles. The highest BCUT2D eigenvalue weighted by atomic mass is 16.5. The average molecular weight is 287 g/mol. The topological polar surface area (TPSA) is 78.8 Å². The Hall–Kier alpha value is -1.59. The highest BCUT2D eigenvalue weighted by Crippen LogP contribution is 2.63. The SMILES string of the molecule is O=C1CC[C@@]2(O)C3Cc4ccc(O)c5c4C2(CCN3)[C@H]1O5. The maximum atomic E-state index is 12.4. The van der Waals surface area contributed by atoms with Gasteiger partial charge >= 0.3 is 0 Å². The number of carbonyl (C=O) groups is 1. The predicted octanol–water partition coefficient (Wildman–Crippen LogP) is 0.403. The monoisotopic (exact) mass is 287 g/mol. The van der Waals surface area contributed by atoms with Gasteiger partial charge in [-0.05, 0) is 37.4 Å². The van der Waals surface area contributed by atoms with Gasteiger partial charge < -0.3 is 20.3 Å². The van der Waals surface area contributed by atoms with Gasteiger partial charge in [0, 0.05) is 18.0 Å². The number of carbonyl (C=O) groups excluding carboxylic acids is 1. The van der Waals surface area contributed by atoms with E-state index in [4.69, 9.17) is 4.74 Å². The molecular weight excluding hydrogens is 270 g/mol. The Morgan fingerprint density at radius 2 is 2.19 bits per heavy atom. The summed E-state index contributed by atoms with van der Waals surface area (Å²) < 4.78 is 5.90. The Bertz CT molecular complexity index is 687. The molecule has 1 spiro atoms. The van der Waals surface area contributed by atoms with Gasteiger partial charge in [-0.1, -0.05) is 6.07 Å². The molecule has 1 saturated carbocycles. The van der Waals surface area contributed by atoms with Crippen LogP contribution in [0.1, 0.15) is 30.4 Å². The van der Waals surface area contributed by atoms with Gasteiger partial charge in [-0.25, -0.2) is 0 Å². The Labute approximate surface area is 121 Å². The molecule has 5 nitrogen and oxygen atoms in total. The van der Waals surface area contributed by atoms with Gasteiger partial charge in [-0.15, -0.1) is 0 Å². The lowest BCUT2D eigenvalue weighted by Gasteiger charge is -2.59. The van der Waals surface area contributed by atoms with Crippen molar-refractivity contribution in [1.29, 1.82) is 0 Å². The van der Waals surface area contributed by atoms with Crippen LogP contribution in [0.4, 0.5) is 0 Å². The van der Waals surface area contributed by atoms with E-state index >= 15 is 0 Å². The summed E-state index contributed by atoms with van der Waals surface area (Å²) in [6, 6.07) is 3.49. The van der Waals surface area contributed by atoms with E-state index in [9.17, 15) is 15.0 Å². The van der Waals surface area contributed by atoms with Gasteiger partial charge in [0.15, 0.2) is 23.4 Å². The van der Waals surface area contributed by atoms with Crippen molar-refractivity contribution in [3.05, 3.63) is 23.3 Å². The zero-order valence-electron chi connectivity index (χ0n) is 11.6. The molecule has 1 aromatic rings. The third-order valence-electron chi connectivity index (χ3n) is 6.08. The van der Waals surface area contributed by atoms with Crippen molar-refractivity contribution >= 4 is 5.78 Å². The molecule has 1 saturated heterocycles. The van der Waals surface area contributed by atoms with E-state index in [0.717, 1.165) is 17.7 Å². The van der Waals surface area contributed by atoms with Crippen LogP contribution in [0.5, 0.6) is 11.5 Å². The van der Waals surface area contributed by atoms with E-state index in [2.05, 4.69) is 5.32 Å². The van der Waals surface area contributed by atoms with Crippen molar-refractivity contribution < 1.29 is 19.7 Å². The number of rotatable bonds is 0. The lowest BCUT2D eigenvalue weighted by atomic mass is 9.49. The first-order valence-corrected chi connectivity index (χ1v) is 7.58. The molecular formula is C16H17NO4. The summed E-state index contributed by atoms with van der Waals surface area (Å²) in [4.78, 5) is 12.4. The molecule has 2 heterocycles. The van der Waals surface area contributed by atoms with E-state index in [1.54, 1.807) is 6.07 Å². The molecule has 0 amide bonds. The summed E-state index contributed by atoms with van der Waals surface area (Å²) in [7, 11) is 0. The lowest BCUT2D eigenvalue weighted by Crippen LogP contribution is -2.76. The van der Waals surface area contributed by atoms with Gasteiger partial charge in [0.25, 0.3) is 0 Å². The first kappa shape index (κ1) is 12.0. The minimum absolute atomic E-state index is 0.0452. The number of phenols is 1. The Kier molecular flexibility index (Phi) is 1.95. The molecule has 2 aliphatic carbocycles. The molecule has 2 unspecified atom stereocenters. The minimum Gasteiger partial charge on any atom is -0.504 e. The van der Waals surface area contributed by atoms with Crippen LogP contribution in [-0.4, -0.2) is 40.3 Å². The van der Waals surface area contributed by atoms with Gasteiger partial charge in [-0.3, -0.25) is 4.79 Å². The molecule has 5 heteroatoms. The average Bonchev–Trinajstić information content (AvgIpc) is 2.80. The fraction of sp³-hybridized carbons (Fsp3) is 0.562. The van der Waals surface area contributed by atoms with Crippen molar-refractivity contribution in [3.8, 4) is 11.5 Å². The van der Waals surface area contributed by atoms with Gasteiger partial charge in [0.1, 0.15) is 0 Å². The van der Waals surface area contributed by atoms with Crippen molar-refractivity contribution in [2.24, 2.45) is 0 Å². The lowest BCUT2D eigenvalue weighted by molar-refractivity contribution is -0.166. The molecule has 21 heavy (non-hydrogen) atoms. The highest BCUT2D eigenvalue weighted by molar-refractivity contribution is 5.90. The third-order valence-corrected chi connectivity index (χ3v) is 6.08. The van der Waals surface area contributed by atoms with Crippen LogP contribution in [0, 0.1) is 0 Å². The number of ketones is 1. The summed E-state index contributed by atoms with van der Waals surface area (Å²) in [5, 5.41) is 25.0.